The van der Waals surface area contributed by atoms with Crippen LogP contribution in [-0.4, -0.2) is 22.9 Å². The molecule has 1 aromatic rings. The van der Waals surface area contributed by atoms with Crippen LogP contribution in [0.2, 0.25) is 0 Å². The highest BCUT2D eigenvalue weighted by Gasteiger charge is 2.01. The molecule has 78 valence electrons. The van der Waals surface area contributed by atoms with Gasteiger partial charge < -0.3 is 14.9 Å². The average molecular weight is 196 g/mol. The Hall–Kier alpha value is -1.06. The van der Waals surface area contributed by atoms with E-state index in [1.807, 2.05) is 19.1 Å². The van der Waals surface area contributed by atoms with Gasteiger partial charge in [0, 0.05) is 0 Å². The second-order valence-corrected chi connectivity index (χ2v) is 3.47. The number of aliphatic hydroxyl groups excluding tert-OH is 2. The highest BCUT2D eigenvalue weighted by molar-refractivity contribution is 5.33. The number of aryl methyl sites for hydroxylation is 1. The van der Waals surface area contributed by atoms with Gasteiger partial charge in [-0.2, -0.15) is 0 Å². The van der Waals surface area contributed by atoms with Crippen molar-refractivity contribution in [3.05, 3.63) is 29.3 Å². The van der Waals surface area contributed by atoms with Gasteiger partial charge in [-0.15, -0.1) is 0 Å². The molecule has 0 bridgehead atoms. The largest absolute Gasteiger partial charge is 0.491 e. The molecule has 14 heavy (non-hydrogen) atoms. The first-order chi connectivity index (χ1) is 6.61. The van der Waals surface area contributed by atoms with Crippen LogP contribution in [0.25, 0.3) is 0 Å². The van der Waals surface area contributed by atoms with Crippen molar-refractivity contribution >= 4 is 0 Å². The van der Waals surface area contributed by atoms with Crippen molar-refractivity contribution in [2.45, 2.75) is 26.6 Å². The van der Waals surface area contributed by atoms with Gasteiger partial charge >= 0.3 is 0 Å². The van der Waals surface area contributed by atoms with Crippen LogP contribution in [-0.2, 0) is 6.61 Å². The smallest absolute Gasteiger partial charge is 0.120 e. The van der Waals surface area contributed by atoms with E-state index in [0.29, 0.717) is 5.75 Å². The first-order valence-electron chi connectivity index (χ1n) is 4.64. The summed E-state index contributed by atoms with van der Waals surface area (Å²) in [5, 5.41) is 18.0. The molecular weight excluding hydrogens is 180 g/mol. The quantitative estimate of drug-likeness (QED) is 0.762. The van der Waals surface area contributed by atoms with E-state index in [4.69, 9.17) is 14.9 Å². The molecule has 1 atom stereocenters. The SMILES string of the molecule is Cc1cc(CO)cc(OCC(C)O)c1. The summed E-state index contributed by atoms with van der Waals surface area (Å²) in [6, 6.07) is 5.55. The molecule has 0 spiro atoms. The van der Waals surface area contributed by atoms with Gasteiger partial charge in [-0.1, -0.05) is 6.07 Å². The number of aliphatic hydroxyl groups is 2. The molecule has 1 rings (SSSR count). The molecule has 1 aromatic carbocycles. The van der Waals surface area contributed by atoms with Gasteiger partial charge in [0.15, 0.2) is 0 Å². The Labute approximate surface area is 84.0 Å². The van der Waals surface area contributed by atoms with E-state index >= 15 is 0 Å². The molecule has 0 amide bonds. The predicted octanol–water partition coefficient (Wildman–Crippen LogP) is 1.25. The fraction of sp³-hybridized carbons (Fsp3) is 0.455. The summed E-state index contributed by atoms with van der Waals surface area (Å²) in [7, 11) is 0. The molecule has 0 saturated carbocycles. The molecule has 3 heteroatoms. The second-order valence-electron chi connectivity index (χ2n) is 3.47. The zero-order chi connectivity index (χ0) is 10.6. The van der Waals surface area contributed by atoms with E-state index in [1.54, 1.807) is 13.0 Å². The molecule has 0 aliphatic rings. The van der Waals surface area contributed by atoms with Gasteiger partial charge in [0.2, 0.25) is 0 Å². The summed E-state index contributed by atoms with van der Waals surface area (Å²) < 4.78 is 5.33. The lowest BCUT2D eigenvalue weighted by atomic mass is 10.1. The van der Waals surface area contributed by atoms with Crippen LogP contribution in [0.15, 0.2) is 18.2 Å². The molecule has 2 N–H and O–H groups in total. The van der Waals surface area contributed by atoms with Gasteiger partial charge in [0.1, 0.15) is 12.4 Å². The Morgan fingerprint density at radius 3 is 2.64 bits per heavy atom. The minimum absolute atomic E-state index is 0.00667. The highest BCUT2D eigenvalue weighted by atomic mass is 16.5. The summed E-state index contributed by atoms with van der Waals surface area (Å²) in [5.41, 5.74) is 1.86. The molecule has 0 aliphatic heterocycles. The molecular formula is C11H16O3. The Kier molecular flexibility index (Phi) is 3.92. The summed E-state index contributed by atoms with van der Waals surface area (Å²) in [4.78, 5) is 0. The Bertz CT molecular complexity index is 295. The standard InChI is InChI=1S/C11H16O3/c1-8-3-10(6-12)5-11(4-8)14-7-9(2)13/h3-5,9,12-13H,6-7H2,1-2H3. The van der Waals surface area contributed by atoms with Gasteiger partial charge in [-0.05, 0) is 37.1 Å². The third-order valence-corrected chi connectivity index (χ3v) is 1.78. The van der Waals surface area contributed by atoms with Crippen molar-refractivity contribution in [2.75, 3.05) is 6.61 Å². The number of ether oxygens (including phenoxy) is 1. The van der Waals surface area contributed by atoms with Gasteiger partial charge in [0.05, 0.1) is 12.7 Å². The van der Waals surface area contributed by atoms with Crippen molar-refractivity contribution in [1.82, 2.24) is 0 Å². The minimum atomic E-state index is -0.479. The third-order valence-electron chi connectivity index (χ3n) is 1.78. The molecule has 0 heterocycles. The molecule has 0 aliphatic carbocycles. The summed E-state index contributed by atoms with van der Waals surface area (Å²) in [6.45, 7) is 3.89. The van der Waals surface area contributed by atoms with E-state index in [-0.39, 0.29) is 13.2 Å². The lowest BCUT2D eigenvalue weighted by Crippen LogP contribution is -2.12. The van der Waals surface area contributed by atoms with Crippen molar-refractivity contribution < 1.29 is 14.9 Å². The van der Waals surface area contributed by atoms with E-state index in [1.165, 1.54) is 0 Å². The zero-order valence-corrected chi connectivity index (χ0v) is 8.53. The molecule has 0 radical (unpaired) electrons. The lowest BCUT2D eigenvalue weighted by Gasteiger charge is -2.10. The van der Waals surface area contributed by atoms with Crippen LogP contribution in [0, 0.1) is 6.92 Å². The predicted molar refractivity (Wildman–Crippen MR) is 54.3 cm³/mol. The molecule has 0 fully saturated rings. The van der Waals surface area contributed by atoms with E-state index in [0.717, 1.165) is 11.1 Å². The summed E-state index contributed by atoms with van der Waals surface area (Å²) in [6.07, 6.45) is -0.479. The fourth-order valence-electron chi connectivity index (χ4n) is 1.22. The molecule has 0 saturated heterocycles. The maximum Gasteiger partial charge on any atom is 0.120 e. The first kappa shape index (κ1) is 11.0. The van der Waals surface area contributed by atoms with Crippen molar-refractivity contribution in [3.63, 3.8) is 0 Å². The number of hydrogen-bond donors (Lipinski definition) is 2. The molecule has 3 nitrogen and oxygen atoms in total. The Morgan fingerprint density at radius 2 is 2.07 bits per heavy atom. The van der Waals surface area contributed by atoms with Crippen LogP contribution >= 0.6 is 0 Å². The number of hydrogen-bond acceptors (Lipinski definition) is 3. The second kappa shape index (κ2) is 4.98. The first-order valence-corrected chi connectivity index (χ1v) is 4.64. The molecule has 1 unspecified atom stereocenters. The average Bonchev–Trinajstić information content (AvgIpc) is 2.14. The number of rotatable bonds is 4. The van der Waals surface area contributed by atoms with Crippen LogP contribution in [0.1, 0.15) is 18.1 Å². The minimum Gasteiger partial charge on any atom is -0.491 e. The number of benzene rings is 1. The fourth-order valence-corrected chi connectivity index (χ4v) is 1.22. The van der Waals surface area contributed by atoms with Gasteiger partial charge in [-0.25, -0.2) is 0 Å². The maximum absolute atomic E-state index is 9.04. The van der Waals surface area contributed by atoms with E-state index < -0.39 is 6.10 Å². The molecule has 0 aromatic heterocycles. The zero-order valence-electron chi connectivity index (χ0n) is 8.53. The maximum atomic E-state index is 9.04. The van der Waals surface area contributed by atoms with Crippen LogP contribution in [0.4, 0.5) is 0 Å². The van der Waals surface area contributed by atoms with Crippen molar-refractivity contribution in [3.8, 4) is 5.75 Å². The Morgan fingerprint density at radius 1 is 1.36 bits per heavy atom. The van der Waals surface area contributed by atoms with E-state index in [9.17, 15) is 0 Å². The third kappa shape index (κ3) is 3.36. The Balaban J connectivity index is 2.71. The van der Waals surface area contributed by atoms with Crippen LogP contribution in [0.3, 0.4) is 0 Å². The van der Waals surface area contributed by atoms with Crippen molar-refractivity contribution in [1.29, 1.82) is 0 Å². The van der Waals surface area contributed by atoms with Gasteiger partial charge in [0.25, 0.3) is 0 Å². The van der Waals surface area contributed by atoms with E-state index in [2.05, 4.69) is 0 Å². The normalized spacial score (nSPS) is 12.6. The highest BCUT2D eigenvalue weighted by Crippen LogP contribution is 2.17. The van der Waals surface area contributed by atoms with Crippen LogP contribution in [0.5, 0.6) is 5.75 Å². The summed E-state index contributed by atoms with van der Waals surface area (Å²) in [5.74, 6) is 0.690. The topological polar surface area (TPSA) is 49.7 Å². The van der Waals surface area contributed by atoms with Crippen molar-refractivity contribution in [2.24, 2.45) is 0 Å². The monoisotopic (exact) mass is 196 g/mol. The summed E-state index contributed by atoms with van der Waals surface area (Å²) >= 11 is 0. The van der Waals surface area contributed by atoms with Gasteiger partial charge in [-0.3, -0.25) is 0 Å². The lowest BCUT2D eigenvalue weighted by molar-refractivity contribution is 0.122. The van der Waals surface area contributed by atoms with Crippen LogP contribution < -0.4 is 4.74 Å².